The van der Waals surface area contributed by atoms with Crippen LogP contribution in [-0.4, -0.2) is 19.3 Å². The van der Waals surface area contributed by atoms with Crippen LogP contribution < -0.4 is 10.5 Å². The van der Waals surface area contributed by atoms with Crippen LogP contribution in [0.15, 0.2) is 18.2 Å². The fourth-order valence-corrected chi connectivity index (χ4v) is 3.19. The molecule has 4 heteroatoms. The summed E-state index contributed by atoms with van der Waals surface area (Å²) in [6, 6.07) is 4.66. The smallest absolute Gasteiger partial charge is 0.169 e. The van der Waals surface area contributed by atoms with Gasteiger partial charge in [0.05, 0.1) is 18.8 Å². The molecule has 1 saturated carbocycles. The lowest BCUT2D eigenvalue weighted by Crippen LogP contribution is -2.45. The molecule has 112 valence electrons. The van der Waals surface area contributed by atoms with E-state index in [1.807, 2.05) is 6.92 Å². The molecular weight excluding hydrogens is 257 g/mol. The van der Waals surface area contributed by atoms with Crippen molar-refractivity contribution in [3.63, 3.8) is 0 Å². The van der Waals surface area contributed by atoms with E-state index in [1.54, 1.807) is 18.2 Å². The summed E-state index contributed by atoms with van der Waals surface area (Å²) in [7, 11) is 1.46. The molecule has 3 nitrogen and oxygen atoms in total. The number of ether oxygens (including phenoxy) is 2. The summed E-state index contributed by atoms with van der Waals surface area (Å²) in [6.07, 6.45) is 5.14. The second-order valence-electron chi connectivity index (χ2n) is 5.40. The van der Waals surface area contributed by atoms with E-state index >= 15 is 0 Å². The molecule has 2 rings (SSSR count). The first-order valence-electron chi connectivity index (χ1n) is 7.36. The summed E-state index contributed by atoms with van der Waals surface area (Å²) in [5, 5.41) is 0. The number of hydrogen-bond donors (Lipinski definition) is 1. The van der Waals surface area contributed by atoms with Crippen molar-refractivity contribution in [2.75, 3.05) is 13.7 Å². The molecule has 0 bridgehead atoms. The van der Waals surface area contributed by atoms with Gasteiger partial charge in [0.1, 0.15) is 0 Å². The molecular formula is C16H24FNO2. The van der Waals surface area contributed by atoms with Crippen molar-refractivity contribution in [2.24, 2.45) is 5.73 Å². The van der Waals surface area contributed by atoms with Gasteiger partial charge in [0, 0.05) is 12.2 Å². The predicted octanol–water partition coefficient (Wildman–Crippen LogP) is 3.57. The van der Waals surface area contributed by atoms with Gasteiger partial charge in [-0.3, -0.25) is 0 Å². The van der Waals surface area contributed by atoms with Crippen molar-refractivity contribution in [1.82, 2.24) is 0 Å². The number of rotatable bonds is 5. The van der Waals surface area contributed by atoms with E-state index in [0.29, 0.717) is 12.2 Å². The zero-order chi connectivity index (χ0) is 14.6. The van der Waals surface area contributed by atoms with Gasteiger partial charge in [0.2, 0.25) is 0 Å². The fraction of sp³-hybridized carbons (Fsp3) is 0.625. The van der Waals surface area contributed by atoms with Crippen LogP contribution in [0.25, 0.3) is 0 Å². The van der Waals surface area contributed by atoms with Gasteiger partial charge in [-0.1, -0.05) is 31.4 Å². The minimum absolute atomic E-state index is 0.236. The van der Waals surface area contributed by atoms with E-state index in [2.05, 4.69) is 0 Å². The zero-order valence-electron chi connectivity index (χ0n) is 12.3. The Labute approximate surface area is 120 Å². The highest BCUT2D eigenvalue weighted by Gasteiger charge is 2.40. The molecule has 1 atom stereocenters. The van der Waals surface area contributed by atoms with Crippen LogP contribution in [0.5, 0.6) is 5.75 Å². The molecule has 1 aromatic carbocycles. The maximum Gasteiger partial charge on any atom is 0.169 e. The maximum absolute atomic E-state index is 14.4. The Kier molecular flexibility index (Phi) is 5.00. The van der Waals surface area contributed by atoms with Crippen LogP contribution in [0.3, 0.4) is 0 Å². The molecule has 2 N–H and O–H groups in total. The molecule has 1 aliphatic rings. The summed E-state index contributed by atoms with van der Waals surface area (Å²) >= 11 is 0. The minimum Gasteiger partial charge on any atom is -0.494 e. The monoisotopic (exact) mass is 281 g/mol. The first-order valence-corrected chi connectivity index (χ1v) is 7.36. The van der Waals surface area contributed by atoms with Crippen molar-refractivity contribution in [2.45, 2.75) is 50.7 Å². The van der Waals surface area contributed by atoms with Gasteiger partial charge in [0.15, 0.2) is 11.6 Å². The van der Waals surface area contributed by atoms with Crippen molar-refractivity contribution >= 4 is 0 Å². The quantitative estimate of drug-likeness (QED) is 0.897. The Morgan fingerprint density at radius 2 is 2.00 bits per heavy atom. The molecule has 0 saturated heterocycles. The largest absolute Gasteiger partial charge is 0.494 e. The predicted molar refractivity (Wildman–Crippen MR) is 77.3 cm³/mol. The molecule has 1 unspecified atom stereocenters. The van der Waals surface area contributed by atoms with Gasteiger partial charge in [-0.05, 0) is 25.8 Å². The maximum atomic E-state index is 14.4. The fourth-order valence-electron chi connectivity index (χ4n) is 3.19. The average molecular weight is 281 g/mol. The van der Waals surface area contributed by atoms with Crippen LogP contribution in [0.1, 0.15) is 50.6 Å². The van der Waals surface area contributed by atoms with Crippen molar-refractivity contribution in [1.29, 1.82) is 0 Å². The molecule has 0 aromatic heterocycles. The molecule has 0 radical (unpaired) electrons. The Bertz CT molecular complexity index is 439. The number of benzene rings is 1. The van der Waals surface area contributed by atoms with Crippen LogP contribution >= 0.6 is 0 Å². The number of hydrogen-bond acceptors (Lipinski definition) is 3. The number of methoxy groups -OCH3 is 1. The molecule has 0 amide bonds. The van der Waals surface area contributed by atoms with E-state index in [-0.39, 0.29) is 11.6 Å². The lowest BCUT2D eigenvalue weighted by Gasteiger charge is -2.42. The van der Waals surface area contributed by atoms with Crippen molar-refractivity contribution < 1.29 is 13.9 Å². The SMILES string of the molecule is CCOC1(C(N)c2cccc(OC)c2F)CCCCC1. The molecule has 0 spiro atoms. The van der Waals surface area contributed by atoms with Gasteiger partial charge in [-0.2, -0.15) is 0 Å². The third kappa shape index (κ3) is 2.81. The normalized spacial score (nSPS) is 19.6. The lowest BCUT2D eigenvalue weighted by atomic mass is 9.77. The van der Waals surface area contributed by atoms with Crippen molar-refractivity contribution in [3.05, 3.63) is 29.6 Å². The topological polar surface area (TPSA) is 44.5 Å². The molecule has 1 aliphatic carbocycles. The summed E-state index contributed by atoms with van der Waals surface area (Å²) in [5.74, 6) is -0.132. The first-order chi connectivity index (χ1) is 9.64. The van der Waals surface area contributed by atoms with E-state index in [4.69, 9.17) is 15.2 Å². The second kappa shape index (κ2) is 6.55. The molecule has 0 aliphatic heterocycles. The molecule has 0 heterocycles. The summed E-state index contributed by atoms with van der Waals surface area (Å²) in [5.41, 5.74) is 6.44. The number of halogens is 1. The lowest BCUT2D eigenvalue weighted by molar-refractivity contribution is -0.0837. The van der Waals surface area contributed by atoms with Gasteiger partial charge in [-0.15, -0.1) is 0 Å². The zero-order valence-corrected chi connectivity index (χ0v) is 12.3. The van der Waals surface area contributed by atoms with Crippen molar-refractivity contribution in [3.8, 4) is 5.75 Å². The van der Waals surface area contributed by atoms with E-state index < -0.39 is 11.6 Å². The van der Waals surface area contributed by atoms with Gasteiger partial charge < -0.3 is 15.2 Å². The van der Waals surface area contributed by atoms with Crippen LogP contribution in [0, 0.1) is 5.82 Å². The molecule has 1 aromatic rings. The Morgan fingerprint density at radius 1 is 1.30 bits per heavy atom. The number of nitrogens with two attached hydrogens (primary N) is 1. The highest BCUT2D eigenvalue weighted by Crippen LogP contribution is 2.41. The van der Waals surface area contributed by atoms with Crippen LogP contribution in [-0.2, 0) is 4.74 Å². The molecule has 20 heavy (non-hydrogen) atoms. The highest BCUT2D eigenvalue weighted by molar-refractivity contribution is 5.34. The van der Waals surface area contributed by atoms with E-state index in [0.717, 1.165) is 25.7 Å². The Hall–Kier alpha value is -1.13. The van der Waals surface area contributed by atoms with Gasteiger partial charge >= 0.3 is 0 Å². The van der Waals surface area contributed by atoms with Crippen LogP contribution in [0.4, 0.5) is 4.39 Å². The first kappa shape index (κ1) is 15.3. The van der Waals surface area contributed by atoms with E-state index in [1.165, 1.54) is 13.5 Å². The Balaban J connectivity index is 2.34. The summed E-state index contributed by atoms with van der Waals surface area (Å²) in [6.45, 7) is 2.56. The average Bonchev–Trinajstić information content (AvgIpc) is 2.48. The standard InChI is InChI=1S/C16H24FNO2/c1-3-20-16(10-5-4-6-11-16)15(18)12-8-7-9-13(19-2)14(12)17/h7-9,15H,3-6,10-11,18H2,1-2H3. The van der Waals surface area contributed by atoms with Crippen LogP contribution in [0.2, 0.25) is 0 Å². The Morgan fingerprint density at radius 3 is 2.60 bits per heavy atom. The third-order valence-electron chi connectivity index (χ3n) is 4.25. The summed E-state index contributed by atoms with van der Waals surface area (Å²) < 4.78 is 25.5. The minimum atomic E-state index is -0.460. The second-order valence-corrected chi connectivity index (χ2v) is 5.40. The van der Waals surface area contributed by atoms with Gasteiger partial charge in [-0.25, -0.2) is 4.39 Å². The van der Waals surface area contributed by atoms with E-state index in [9.17, 15) is 4.39 Å². The molecule has 1 fully saturated rings. The van der Waals surface area contributed by atoms with Gasteiger partial charge in [0.25, 0.3) is 0 Å². The summed E-state index contributed by atoms with van der Waals surface area (Å²) in [4.78, 5) is 0. The highest BCUT2D eigenvalue weighted by atomic mass is 19.1. The third-order valence-corrected chi connectivity index (χ3v) is 4.25.